The zero-order valence-corrected chi connectivity index (χ0v) is 19.9. The summed E-state index contributed by atoms with van der Waals surface area (Å²) in [6.45, 7) is 2.11. The van der Waals surface area contributed by atoms with Gasteiger partial charge in [0.15, 0.2) is 16.7 Å². The molecule has 1 saturated heterocycles. The number of aromatic nitrogens is 5. The van der Waals surface area contributed by atoms with Gasteiger partial charge in [-0.25, -0.2) is 0 Å². The topological polar surface area (TPSA) is 101 Å². The Hall–Kier alpha value is -2.95. The summed E-state index contributed by atoms with van der Waals surface area (Å²) in [5.74, 6) is 4.01. The molecule has 1 aliphatic carbocycles. The molecule has 0 radical (unpaired) electrons. The van der Waals surface area contributed by atoms with Crippen molar-refractivity contribution in [1.82, 2.24) is 25.0 Å². The predicted molar refractivity (Wildman–Crippen MR) is 123 cm³/mol. The third-order valence-electron chi connectivity index (χ3n) is 5.90. The Kier molecular flexibility index (Phi) is 6.30. The van der Waals surface area contributed by atoms with Crippen LogP contribution in [-0.4, -0.2) is 59.4 Å². The van der Waals surface area contributed by atoms with Crippen molar-refractivity contribution >= 4 is 17.7 Å². The predicted octanol–water partition coefficient (Wildman–Crippen LogP) is 3.97. The van der Waals surface area contributed by atoms with Gasteiger partial charge in [0.1, 0.15) is 0 Å². The Morgan fingerprint density at radius 2 is 1.67 bits per heavy atom. The van der Waals surface area contributed by atoms with Gasteiger partial charge in [-0.05, 0) is 44.2 Å². The van der Waals surface area contributed by atoms with Gasteiger partial charge in [-0.2, -0.15) is 0 Å². The quantitative estimate of drug-likeness (QED) is 0.425. The van der Waals surface area contributed by atoms with E-state index in [1.54, 1.807) is 45.2 Å². The lowest BCUT2D eigenvalue weighted by molar-refractivity contribution is 0.324. The smallest absolute Gasteiger partial charge is 0.248 e. The minimum atomic E-state index is 0.391. The van der Waals surface area contributed by atoms with Crippen LogP contribution in [0.4, 0.5) is 5.95 Å². The SMILES string of the molecule is COc1cc(-c2nnc(CSc3nnc(N4CCCCC4)n3C3CC3)o2)cc(OC)c1OC. The van der Waals surface area contributed by atoms with Crippen molar-refractivity contribution in [3.8, 4) is 28.7 Å². The molecule has 0 bridgehead atoms. The first-order valence-electron chi connectivity index (χ1n) is 11.2. The molecule has 1 aromatic carbocycles. The number of thioether (sulfide) groups is 1. The van der Waals surface area contributed by atoms with E-state index in [1.807, 2.05) is 0 Å². The molecule has 3 aromatic rings. The van der Waals surface area contributed by atoms with Crippen molar-refractivity contribution in [3.05, 3.63) is 18.0 Å². The maximum absolute atomic E-state index is 5.94. The second-order valence-corrected chi connectivity index (χ2v) is 9.08. The highest BCUT2D eigenvalue weighted by Crippen LogP contribution is 2.43. The molecule has 3 heterocycles. The minimum Gasteiger partial charge on any atom is -0.493 e. The molecule has 2 aliphatic rings. The summed E-state index contributed by atoms with van der Waals surface area (Å²) >= 11 is 1.58. The van der Waals surface area contributed by atoms with Gasteiger partial charge in [0.2, 0.25) is 23.5 Å². The van der Waals surface area contributed by atoms with Gasteiger partial charge in [0, 0.05) is 24.7 Å². The molecule has 11 heteroatoms. The van der Waals surface area contributed by atoms with Gasteiger partial charge in [0.05, 0.1) is 27.1 Å². The number of methoxy groups -OCH3 is 3. The third kappa shape index (κ3) is 4.46. The van der Waals surface area contributed by atoms with E-state index in [0.717, 1.165) is 24.2 Å². The number of piperidine rings is 1. The Labute approximate surface area is 196 Å². The number of hydrogen-bond acceptors (Lipinski definition) is 10. The number of hydrogen-bond donors (Lipinski definition) is 0. The Morgan fingerprint density at radius 1 is 0.939 bits per heavy atom. The van der Waals surface area contributed by atoms with Crippen LogP contribution in [-0.2, 0) is 5.75 Å². The lowest BCUT2D eigenvalue weighted by Gasteiger charge is -2.27. The van der Waals surface area contributed by atoms with Crippen LogP contribution < -0.4 is 19.1 Å². The number of benzene rings is 1. The molecule has 33 heavy (non-hydrogen) atoms. The standard InChI is InChI=1S/C22H28N6O4S/c1-29-16-11-14(12-17(30-2)19(16)31-3)20-24-23-18(32-20)13-33-22-26-25-21(28(22)15-7-8-15)27-9-5-4-6-10-27/h11-12,15H,4-10,13H2,1-3H3. The average molecular weight is 473 g/mol. The van der Waals surface area contributed by atoms with Gasteiger partial charge in [0.25, 0.3) is 0 Å². The van der Waals surface area contributed by atoms with E-state index in [4.69, 9.17) is 18.6 Å². The van der Waals surface area contributed by atoms with E-state index in [1.165, 1.54) is 32.1 Å². The molecule has 2 aromatic heterocycles. The third-order valence-corrected chi connectivity index (χ3v) is 6.83. The fraction of sp³-hybridized carbons (Fsp3) is 0.545. The van der Waals surface area contributed by atoms with E-state index in [2.05, 4.69) is 29.9 Å². The largest absolute Gasteiger partial charge is 0.493 e. The van der Waals surface area contributed by atoms with Crippen molar-refractivity contribution in [2.75, 3.05) is 39.3 Å². The van der Waals surface area contributed by atoms with Gasteiger partial charge in [-0.3, -0.25) is 4.57 Å². The summed E-state index contributed by atoms with van der Waals surface area (Å²) in [7, 11) is 4.72. The van der Waals surface area contributed by atoms with Crippen LogP contribution in [0.1, 0.15) is 44.0 Å². The van der Waals surface area contributed by atoms with Crippen LogP contribution in [0.3, 0.4) is 0 Å². The van der Waals surface area contributed by atoms with Crippen LogP contribution in [0.15, 0.2) is 21.7 Å². The molecule has 2 fully saturated rings. The number of rotatable bonds is 9. The van der Waals surface area contributed by atoms with E-state index >= 15 is 0 Å². The highest BCUT2D eigenvalue weighted by molar-refractivity contribution is 7.98. The molecule has 0 spiro atoms. The maximum Gasteiger partial charge on any atom is 0.248 e. The molecule has 0 amide bonds. The maximum atomic E-state index is 5.94. The first-order valence-corrected chi connectivity index (χ1v) is 12.2. The minimum absolute atomic E-state index is 0.391. The van der Waals surface area contributed by atoms with Crippen molar-refractivity contribution in [2.45, 2.75) is 49.1 Å². The summed E-state index contributed by atoms with van der Waals surface area (Å²) in [6, 6.07) is 4.08. The second-order valence-electron chi connectivity index (χ2n) is 8.14. The number of nitrogens with zero attached hydrogens (tertiary/aromatic N) is 6. The first kappa shape index (κ1) is 21.9. The van der Waals surface area contributed by atoms with Crippen LogP contribution in [0.2, 0.25) is 0 Å². The van der Waals surface area contributed by atoms with Gasteiger partial charge >= 0.3 is 0 Å². The molecular formula is C22H28N6O4S. The highest BCUT2D eigenvalue weighted by Gasteiger charge is 2.32. The highest BCUT2D eigenvalue weighted by atomic mass is 32.2. The van der Waals surface area contributed by atoms with Crippen LogP contribution in [0.5, 0.6) is 17.2 Å². The zero-order valence-electron chi connectivity index (χ0n) is 19.1. The second kappa shape index (κ2) is 9.50. The van der Waals surface area contributed by atoms with E-state index in [0.29, 0.717) is 46.4 Å². The Bertz CT molecular complexity index is 1080. The molecule has 0 N–H and O–H groups in total. The van der Waals surface area contributed by atoms with Crippen molar-refractivity contribution in [3.63, 3.8) is 0 Å². The average Bonchev–Trinajstić information content (AvgIpc) is 3.43. The van der Waals surface area contributed by atoms with Crippen molar-refractivity contribution in [2.24, 2.45) is 0 Å². The molecule has 0 atom stereocenters. The normalized spacial score (nSPS) is 16.2. The molecule has 5 rings (SSSR count). The van der Waals surface area contributed by atoms with Gasteiger partial charge in [-0.1, -0.05) is 11.8 Å². The zero-order chi connectivity index (χ0) is 22.8. The molecule has 176 valence electrons. The summed E-state index contributed by atoms with van der Waals surface area (Å²) in [5, 5.41) is 18.4. The molecule has 0 unspecified atom stereocenters. The van der Waals surface area contributed by atoms with Crippen LogP contribution >= 0.6 is 11.8 Å². The summed E-state index contributed by atoms with van der Waals surface area (Å²) in [4.78, 5) is 2.37. The fourth-order valence-corrected chi connectivity index (χ4v) is 4.93. The van der Waals surface area contributed by atoms with Crippen molar-refractivity contribution in [1.29, 1.82) is 0 Å². The van der Waals surface area contributed by atoms with Crippen molar-refractivity contribution < 1.29 is 18.6 Å². The Morgan fingerprint density at radius 3 is 2.30 bits per heavy atom. The molecule has 10 nitrogen and oxygen atoms in total. The summed E-state index contributed by atoms with van der Waals surface area (Å²) < 4.78 is 24.5. The van der Waals surface area contributed by atoms with Crippen LogP contribution in [0.25, 0.3) is 11.5 Å². The summed E-state index contributed by atoms with van der Waals surface area (Å²) in [5.41, 5.74) is 0.696. The van der Waals surface area contributed by atoms with E-state index in [9.17, 15) is 0 Å². The monoisotopic (exact) mass is 472 g/mol. The van der Waals surface area contributed by atoms with E-state index in [-0.39, 0.29) is 0 Å². The van der Waals surface area contributed by atoms with Gasteiger partial charge in [-0.15, -0.1) is 20.4 Å². The molecule has 1 saturated carbocycles. The lowest BCUT2D eigenvalue weighted by Crippen LogP contribution is -2.31. The lowest BCUT2D eigenvalue weighted by atomic mass is 10.1. The Balaban J connectivity index is 1.33. The molecule has 1 aliphatic heterocycles. The van der Waals surface area contributed by atoms with Gasteiger partial charge < -0.3 is 23.5 Å². The number of ether oxygens (including phenoxy) is 3. The molecular weight excluding hydrogens is 444 g/mol. The fourth-order valence-electron chi connectivity index (χ4n) is 4.09. The first-order chi connectivity index (χ1) is 16.2. The number of anilines is 1. The summed E-state index contributed by atoms with van der Waals surface area (Å²) in [6.07, 6.45) is 6.08. The van der Waals surface area contributed by atoms with Crippen LogP contribution in [0, 0.1) is 0 Å². The van der Waals surface area contributed by atoms with E-state index < -0.39 is 0 Å².